The first-order chi connectivity index (χ1) is 9.58. The van der Waals surface area contributed by atoms with Crippen LogP contribution in [0, 0.1) is 5.92 Å². The van der Waals surface area contributed by atoms with Crippen LogP contribution in [-0.4, -0.2) is 36.2 Å². The topological polar surface area (TPSA) is 75.6 Å². The Morgan fingerprint density at radius 1 is 1.60 bits per heavy atom. The Balaban J connectivity index is 1.95. The summed E-state index contributed by atoms with van der Waals surface area (Å²) in [5.41, 5.74) is 0.630. The SMILES string of the molecule is CC1OCCC1CNC(=O)c1sccc1/C=C/C(=O)O. The molecule has 2 atom stereocenters. The molecule has 2 unspecified atom stereocenters. The van der Waals surface area contributed by atoms with Crippen LogP contribution >= 0.6 is 11.3 Å². The molecule has 0 radical (unpaired) electrons. The summed E-state index contributed by atoms with van der Waals surface area (Å²) in [6.07, 6.45) is 3.60. The van der Waals surface area contributed by atoms with Crippen LogP contribution in [0.2, 0.25) is 0 Å². The van der Waals surface area contributed by atoms with Gasteiger partial charge >= 0.3 is 5.97 Å². The Labute approximate surface area is 121 Å². The molecule has 2 rings (SSSR count). The number of rotatable bonds is 5. The van der Waals surface area contributed by atoms with Gasteiger partial charge in [0.1, 0.15) is 0 Å². The van der Waals surface area contributed by atoms with Crippen molar-refractivity contribution in [1.82, 2.24) is 5.32 Å². The minimum Gasteiger partial charge on any atom is -0.478 e. The van der Waals surface area contributed by atoms with E-state index in [1.807, 2.05) is 6.92 Å². The molecule has 6 heteroatoms. The third-order valence-corrected chi connectivity index (χ3v) is 4.29. The van der Waals surface area contributed by atoms with E-state index in [0.717, 1.165) is 19.1 Å². The monoisotopic (exact) mass is 295 g/mol. The Kier molecular flexibility index (Phi) is 4.92. The maximum Gasteiger partial charge on any atom is 0.328 e. The van der Waals surface area contributed by atoms with E-state index >= 15 is 0 Å². The molecule has 1 aliphatic heterocycles. The molecule has 1 aromatic rings. The number of hydrogen-bond acceptors (Lipinski definition) is 4. The Hall–Kier alpha value is -1.66. The molecule has 0 aromatic carbocycles. The fraction of sp³-hybridized carbons (Fsp3) is 0.429. The largest absolute Gasteiger partial charge is 0.478 e. The van der Waals surface area contributed by atoms with Crippen molar-refractivity contribution in [3.63, 3.8) is 0 Å². The number of amides is 1. The first-order valence-corrected chi connectivity index (χ1v) is 7.34. The quantitative estimate of drug-likeness (QED) is 0.815. The van der Waals surface area contributed by atoms with E-state index in [2.05, 4.69) is 5.32 Å². The van der Waals surface area contributed by atoms with Gasteiger partial charge in [-0.3, -0.25) is 4.79 Å². The number of ether oxygens (including phenoxy) is 1. The molecule has 0 spiro atoms. The fourth-order valence-electron chi connectivity index (χ4n) is 2.14. The third-order valence-electron chi connectivity index (χ3n) is 3.37. The van der Waals surface area contributed by atoms with Crippen LogP contribution < -0.4 is 5.32 Å². The average Bonchev–Trinajstić information content (AvgIpc) is 3.02. The van der Waals surface area contributed by atoms with Gasteiger partial charge < -0.3 is 15.2 Å². The number of carbonyl (C=O) groups excluding carboxylic acids is 1. The van der Waals surface area contributed by atoms with Crippen molar-refractivity contribution < 1.29 is 19.4 Å². The molecule has 5 nitrogen and oxygen atoms in total. The van der Waals surface area contributed by atoms with Gasteiger partial charge in [0.15, 0.2) is 0 Å². The van der Waals surface area contributed by atoms with Crippen molar-refractivity contribution in [2.75, 3.05) is 13.2 Å². The predicted molar refractivity (Wildman–Crippen MR) is 76.8 cm³/mol. The summed E-state index contributed by atoms with van der Waals surface area (Å²) >= 11 is 1.31. The number of thiophene rings is 1. The first-order valence-electron chi connectivity index (χ1n) is 6.46. The number of aliphatic carboxylic acids is 1. The van der Waals surface area contributed by atoms with Gasteiger partial charge in [-0.25, -0.2) is 4.79 Å². The third kappa shape index (κ3) is 3.68. The minimum absolute atomic E-state index is 0.163. The molecule has 1 aromatic heterocycles. The van der Waals surface area contributed by atoms with E-state index in [0.29, 0.717) is 22.9 Å². The molecule has 2 N–H and O–H groups in total. The average molecular weight is 295 g/mol. The minimum atomic E-state index is -1.03. The zero-order valence-corrected chi connectivity index (χ0v) is 12.0. The van der Waals surface area contributed by atoms with Crippen molar-refractivity contribution in [3.8, 4) is 0 Å². The lowest BCUT2D eigenvalue weighted by atomic mass is 10.0. The van der Waals surface area contributed by atoms with E-state index in [1.165, 1.54) is 17.4 Å². The Bertz CT molecular complexity index is 523. The van der Waals surface area contributed by atoms with Crippen molar-refractivity contribution in [2.24, 2.45) is 5.92 Å². The normalized spacial score (nSPS) is 22.2. The second kappa shape index (κ2) is 6.67. The lowest BCUT2D eigenvalue weighted by Crippen LogP contribution is -2.31. The lowest BCUT2D eigenvalue weighted by molar-refractivity contribution is -0.131. The molecule has 1 fully saturated rings. The van der Waals surface area contributed by atoms with Gasteiger partial charge in [-0.05, 0) is 36.4 Å². The van der Waals surface area contributed by atoms with Crippen molar-refractivity contribution in [3.05, 3.63) is 28.0 Å². The first kappa shape index (κ1) is 14.7. The van der Waals surface area contributed by atoms with Crippen molar-refractivity contribution in [2.45, 2.75) is 19.4 Å². The van der Waals surface area contributed by atoms with Crippen LogP contribution in [0.25, 0.3) is 6.08 Å². The summed E-state index contributed by atoms with van der Waals surface area (Å²) in [7, 11) is 0. The second-order valence-corrected chi connectivity index (χ2v) is 5.63. The van der Waals surface area contributed by atoms with Gasteiger partial charge in [0, 0.05) is 25.1 Å². The number of nitrogens with one attached hydrogen (secondary N) is 1. The smallest absolute Gasteiger partial charge is 0.328 e. The van der Waals surface area contributed by atoms with Gasteiger partial charge in [-0.15, -0.1) is 11.3 Å². The van der Waals surface area contributed by atoms with E-state index in [1.54, 1.807) is 11.4 Å². The summed E-state index contributed by atoms with van der Waals surface area (Å²) in [6.45, 7) is 3.34. The Morgan fingerprint density at radius 2 is 2.40 bits per heavy atom. The molecule has 1 amide bonds. The zero-order chi connectivity index (χ0) is 14.5. The summed E-state index contributed by atoms with van der Waals surface area (Å²) in [6, 6.07) is 1.74. The standard InChI is InChI=1S/C14H17NO4S/c1-9-11(4-6-19-9)8-15-14(18)13-10(5-7-20-13)2-3-12(16)17/h2-3,5,7,9,11H,4,6,8H2,1H3,(H,15,18)(H,16,17)/b3-2+. The molecule has 1 aliphatic rings. The maximum atomic E-state index is 12.1. The lowest BCUT2D eigenvalue weighted by Gasteiger charge is -2.14. The molecule has 20 heavy (non-hydrogen) atoms. The fourth-order valence-corrected chi connectivity index (χ4v) is 2.95. The van der Waals surface area contributed by atoms with Crippen LogP contribution in [0.4, 0.5) is 0 Å². The molecule has 1 saturated heterocycles. The van der Waals surface area contributed by atoms with Gasteiger partial charge in [0.25, 0.3) is 5.91 Å². The summed E-state index contributed by atoms with van der Waals surface area (Å²) in [5.74, 6) is -0.847. The van der Waals surface area contributed by atoms with Crippen LogP contribution in [0.3, 0.4) is 0 Å². The molecule has 0 bridgehead atoms. The van der Waals surface area contributed by atoms with E-state index in [-0.39, 0.29) is 12.0 Å². The highest BCUT2D eigenvalue weighted by Crippen LogP contribution is 2.21. The molecule has 0 aliphatic carbocycles. The van der Waals surface area contributed by atoms with Gasteiger partial charge in [-0.2, -0.15) is 0 Å². The van der Waals surface area contributed by atoms with E-state index in [4.69, 9.17) is 9.84 Å². The van der Waals surface area contributed by atoms with E-state index in [9.17, 15) is 9.59 Å². The highest BCUT2D eigenvalue weighted by molar-refractivity contribution is 7.12. The molecule has 108 valence electrons. The van der Waals surface area contributed by atoms with Crippen LogP contribution in [-0.2, 0) is 9.53 Å². The van der Waals surface area contributed by atoms with Crippen molar-refractivity contribution in [1.29, 1.82) is 0 Å². The molecular weight excluding hydrogens is 278 g/mol. The maximum absolute atomic E-state index is 12.1. The predicted octanol–water partition coefficient (Wildman–Crippen LogP) is 2.00. The number of carboxylic acid groups (broad SMARTS) is 1. The highest BCUT2D eigenvalue weighted by atomic mass is 32.1. The highest BCUT2D eigenvalue weighted by Gasteiger charge is 2.25. The van der Waals surface area contributed by atoms with Gasteiger partial charge in [-0.1, -0.05) is 0 Å². The number of carbonyl (C=O) groups is 2. The summed E-state index contributed by atoms with van der Waals surface area (Å²) in [5, 5.41) is 13.3. The van der Waals surface area contributed by atoms with Crippen LogP contribution in [0.15, 0.2) is 17.5 Å². The van der Waals surface area contributed by atoms with Crippen LogP contribution in [0.5, 0.6) is 0 Å². The van der Waals surface area contributed by atoms with Crippen LogP contribution in [0.1, 0.15) is 28.6 Å². The summed E-state index contributed by atoms with van der Waals surface area (Å²) < 4.78 is 5.45. The number of carboxylic acids is 1. The molecule has 2 heterocycles. The van der Waals surface area contributed by atoms with Gasteiger partial charge in [0.2, 0.25) is 0 Å². The van der Waals surface area contributed by atoms with Crippen molar-refractivity contribution >= 4 is 29.3 Å². The molecule has 0 saturated carbocycles. The van der Waals surface area contributed by atoms with E-state index < -0.39 is 5.97 Å². The second-order valence-electron chi connectivity index (χ2n) is 4.71. The number of hydrogen-bond donors (Lipinski definition) is 2. The van der Waals surface area contributed by atoms with Gasteiger partial charge in [0.05, 0.1) is 11.0 Å². The zero-order valence-electron chi connectivity index (χ0n) is 11.2. The Morgan fingerprint density at radius 3 is 3.05 bits per heavy atom. The summed E-state index contributed by atoms with van der Waals surface area (Å²) in [4.78, 5) is 23.2. The molecular formula is C14H17NO4S.